The van der Waals surface area contributed by atoms with Crippen molar-refractivity contribution in [2.75, 3.05) is 18.0 Å². The molecule has 1 fully saturated rings. The number of H-pyrrole nitrogens is 1. The van der Waals surface area contributed by atoms with E-state index in [1.807, 2.05) is 25.7 Å². The SMILES string of the molecule is CCC1(C(=O)O)CCN(c2cc(=O)[nH]c(C(C)C)n2)C1. The largest absolute Gasteiger partial charge is 0.481 e. The summed E-state index contributed by atoms with van der Waals surface area (Å²) < 4.78 is 0. The Labute approximate surface area is 117 Å². The molecule has 1 unspecified atom stereocenters. The molecule has 0 saturated carbocycles. The van der Waals surface area contributed by atoms with Crippen LogP contribution in [0.15, 0.2) is 10.9 Å². The second-order valence-electron chi connectivity index (χ2n) is 5.75. The maximum atomic E-state index is 11.7. The first-order valence-corrected chi connectivity index (χ1v) is 6.97. The van der Waals surface area contributed by atoms with Gasteiger partial charge in [0.2, 0.25) is 0 Å². The van der Waals surface area contributed by atoms with Gasteiger partial charge in [-0.05, 0) is 12.8 Å². The van der Waals surface area contributed by atoms with Crippen molar-refractivity contribution in [1.82, 2.24) is 9.97 Å². The zero-order valence-corrected chi connectivity index (χ0v) is 12.1. The molecule has 0 aromatic carbocycles. The zero-order chi connectivity index (χ0) is 14.9. The van der Waals surface area contributed by atoms with Crippen molar-refractivity contribution in [3.8, 4) is 0 Å². The molecule has 6 heteroatoms. The normalized spacial score (nSPS) is 22.5. The first-order chi connectivity index (χ1) is 9.38. The van der Waals surface area contributed by atoms with Crippen molar-refractivity contribution in [2.24, 2.45) is 5.41 Å². The van der Waals surface area contributed by atoms with Crippen LogP contribution < -0.4 is 10.5 Å². The summed E-state index contributed by atoms with van der Waals surface area (Å²) in [7, 11) is 0. The highest BCUT2D eigenvalue weighted by atomic mass is 16.4. The molecule has 1 aromatic rings. The van der Waals surface area contributed by atoms with E-state index in [9.17, 15) is 14.7 Å². The number of aromatic nitrogens is 2. The van der Waals surface area contributed by atoms with Crippen LogP contribution in [-0.2, 0) is 4.79 Å². The third kappa shape index (κ3) is 2.55. The summed E-state index contributed by atoms with van der Waals surface area (Å²) in [5.41, 5.74) is -0.912. The van der Waals surface area contributed by atoms with E-state index in [1.54, 1.807) is 0 Å². The number of hydrogen-bond acceptors (Lipinski definition) is 4. The van der Waals surface area contributed by atoms with Gasteiger partial charge in [0.1, 0.15) is 11.6 Å². The Morgan fingerprint density at radius 3 is 2.80 bits per heavy atom. The minimum Gasteiger partial charge on any atom is -0.481 e. The fourth-order valence-electron chi connectivity index (χ4n) is 2.58. The lowest BCUT2D eigenvalue weighted by atomic mass is 9.84. The Hall–Kier alpha value is -1.85. The Morgan fingerprint density at radius 1 is 1.60 bits per heavy atom. The lowest BCUT2D eigenvalue weighted by molar-refractivity contribution is -0.147. The lowest BCUT2D eigenvalue weighted by Crippen LogP contribution is -2.34. The van der Waals surface area contributed by atoms with E-state index >= 15 is 0 Å². The number of aromatic amines is 1. The smallest absolute Gasteiger partial charge is 0.311 e. The number of rotatable bonds is 4. The number of carboxylic acids is 1. The van der Waals surface area contributed by atoms with Crippen molar-refractivity contribution in [3.05, 3.63) is 22.2 Å². The summed E-state index contributed by atoms with van der Waals surface area (Å²) >= 11 is 0. The predicted octanol–water partition coefficient (Wildman–Crippen LogP) is 1.58. The van der Waals surface area contributed by atoms with Gasteiger partial charge in [-0.25, -0.2) is 4.98 Å². The Kier molecular flexibility index (Phi) is 3.83. The Bertz CT molecular complexity index is 567. The monoisotopic (exact) mass is 279 g/mol. The summed E-state index contributed by atoms with van der Waals surface area (Å²) in [4.78, 5) is 32.2. The summed E-state index contributed by atoms with van der Waals surface area (Å²) in [6.45, 7) is 6.84. The van der Waals surface area contributed by atoms with Crippen LogP contribution in [-0.4, -0.2) is 34.1 Å². The van der Waals surface area contributed by atoms with Crippen LogP contribution in [0.5, 0.6) is 0 Å². The van der Waals surface area contributed by atoms with E-state index in [0.717, 1.165) is 0 Å². The number of hydrogen-bond donors (Lipinski definition) is 2. The van der Waals surface area contributed by atoms with Gasteiger partial charge in [-0.3, -0.25) is 9.59 Å². The standard InChI is InChI=1S/C14H21N3O3/c1-4-14(13(19)20)5-6-17(8-14)10-7-11(18)16-12(15-10)9(2)3/h7,9H,4-6,8H2,1-3H3,(H,19,20)(H,15,16,18). The maximum Gasteiger partial charge on any atom is 0.311 e. The number of carboxylic acid groups (broad SMARTS) is 1. The molecule has 1 aliphatic heterocycles. The van der Waals surface area contributed by atoms with Crippen LogP contribution in [0, 0.1) is 5.41 Å². The summed E-state index contributed by atoms with van der Waals surface area (Å²) in [5, 5.41) is 9.41. The molecule has 1 saturated heterocycles. The third-order valence-corrected chi connectivity index (χ3v) is 4.10. The van der Waals surface area contributed by atoms with Gasteiger partial charge < -0.3 is 15.0 Å². The van der Waals surface area contributed by atoms with Gasteiger partial charge in [0.15, 0.2) is 0 Å². The maximum absolute atomic E-state index is 11.7. The van der Waals surface area contributed by atoms with Crippen molar-refractivity contribution < 1.29 is 9.90 Å². The quantitative estimate of drug-likeness (QED) is 0.874. The molecule has 0 radical (unpaired) electrons. The molecule has 2 heterocycles. The Balaban J connectivity index is 2.30. The van der Waals surface area contributed by atoms with E-state index < -0.39 is 11.4 Å². The number of nitrogens with one attached hydrogen (secondary N) is 1. The molecule has 20 heavy (non-hydrogen) atoms. The van der Waals surface area contributed by atoms with E-state index in [2.05, 4.69) is 9.97 Å². The van der Waals surface area contributed by atoms with Gasteiger partial charge in [-0.1, -0.05) is 20.8 Å². The highest BCUT2D eigenvalue weighted by molar-refractivity contribution is 5.76. The molecule has 0 amide bonds. The zero-order valence-electron chi connectivity index (χ0n) is 12.1. The van der Waals surface area contributed by atoms with E-state index in [-0.39, 0.29) is 11.5 Å². The highest BCUT2D eigenvalue weighted by Crippen LogP contribution is 2.35. The predicted molar refractivity (Wildman–Crippen MR) is 76.1 cm³/mol. The highest BCUT2D eigenvalue weighted by Gasteiger charge is 2.43. The van der Waals surface area contributed by atoms with Crippen LogP contribution in [0.4, 0.5) is 5.82 Å². The molecule has 6 nitrogen and oxygen atoms in total. The van der Waals surface area contributed by atoms with Gasteiger partial charge in [-0.2, -0.15) is 0 Å². The Morgan fingerprint density at radius 2 is 2.30 bits per heavy atom. The third-order valence-electron chi connectivity index (χ3n) is 4.10. The van der Waals surface area contributed by atoms with E-state index in [1.165, 1.54) is 6.07 Å². The second kappa shape index (κ2) is 5.26. The van der Waals surface area contributed by atoms with Gasteiger partial charge in [0, 0.05) is 25.1 Å². The molecule has 1 aromatic heterocycles. The molecule has 0 bridgehead atoms. The second-order valence-corrected chi connectivity index (χ2v) is 5.75. The summed E-state index contributed by atoms with van der Waals surface area (Å²) in [6.07, 6.45) is 1.17. The minimum atomic E-state index is -0.767. The van der Waals surface area contributed by atoms with Crippen LogP contribution in [0.1, 0.15) is 45.4 Å². The van der Waals surface area contributed by atoms with Gasteiger partial charge in [0.05, 0.1) is 5.41 Å². The average Bonchev–Trinajstić information content (AvgIpc) is 2.83. The molecule has 1 atom stereocenters. The lowest BCUT2D eigenvalue weighted by Gasteiger charge is -2.23. The number of nitrogens with zero attached hydrogens (tertiary/aromatic N) is 2. The van der Waals surface area contributed by atoms with E-state index in [0.29, 0.717) is 37.6 Å². The van der Waals surface area contributed by atoms with Gasteiger partial charge >= 0.3 is 5.97 Å². The molecular weight excluding hydrogens is 258 g/mol. The van der Waals surface area contributed by atoms with Crippen molar-refractivity contribution >= 4 is 11.8 Å². The number of anilines is 1. The molecule has 110 valence electrons. The van der Waals surface area contributed by atoms with Crippen LogP contribution in [0.2, 0.25) is 0 Å². The fraction of sp³-hybridized carbons (Fsp3) is 0.643. The fourth-order valence-corrected chi connectivity index (χ4v) is 2.58. The molecule has 1 aliphatic rings. The first kappa shape index (κ1) is 14.6. The van der Waals surface area contributed by atoms with E-state index in [4.69, 9.17) is 0 Å². The number of carbonyl (C=O) groups is 1. The summed E-state index contributed by atoms with van der Waals surface area (Å²) in [6, 6.07) is 1.44. The van der Waals surface area contributed by atoms with Gasteiger partial charge in [0.25, 0.3) is 5.56 Å². The van der Waals surface area contributed by atoms with Crippen LogP contribution >= 0.6 is 0 Å². The van der Waals surface area contributed by atoms with Crippen molar-refractivity contribution in [3.63, 3.8) is 0 Å². The molecule has 2 N–H and O–H groups in total. The van der Waals surface area contributed by atoms with Crippen molar-refractivity contribution in [2.45, 2.75) is 39.5 Å². The first-order valence-electron chi connectivity index (χ1n) is 6.97. The molecular formula is C14H21N3O3. The van der Waals surface area contributed by atoms with Crippen molar-refractivity contribution in [1.29, 1.82) is 0 Å². The average molecular weight is 279 g/mol. The van der Waals surface area contributed by atoms with Crippen LogP contribution in [0.3, 0.4) is 0 Å². The molecule has 0 spiro atoms. The number of aliphatic carboxylic acids is 1. The van der Waals surface area contributed by atoms with Gasteiger partial charge in [-0.15, -0.1) is 0 Å². The molecule has 0 aliphatic carbocycles. The summed E-state index contributed by atoms with van der Waals surface area (Å²) in [5.74, 6) is 0.572. The topological polar surface area (TPSA) is 86.3 Å². The minimum absolute atomic E-state index is 0.126. The van der Waals surface area contributed by atoms with Crippen LogP contribution in [0.25, 0.3) is 0 Å². The molecule has 2 rings (SSSR count).